The van der Waals surface area contributed by atoms with E-state index in [0.717, 1.165) is 0 Å². The average molecular weight is 358 g/mol. The lowest BCUT2D eigenvalue weighted by Crippen LogP contribution is -2.41. The lowest BCUT2D eigenvalue weighted by molar-refractivity contribution is -0.148. The van der Waals surface area contributed by atoms with Crippen LogP contribution in [0.25, 0.3) is 0 Å². The number of fused-ring (bicyclic) bond motifs is 1. The topological polar surface area (TPSA) is 95.3 Å². The summed E-state index contributed by atoms with van der Waals surface area (Å²) < 4.78 is 14.6. The van der Waals surface area contributed by atoms with Crippen LogP contribution in [0.5, 0.6) is 0 Å². The van der Waals surface area contributed by atoms with Crippen LogP contribution in [0.1, 0.15) is 12.6 Å². The standard InChI is InChI=1S/C17H19FN6O2/c1-2-12-13(18)14(22-10-21-12)23-6-11-7-24(16-19-4-3-5-20-16)9-17(11,8-23)15(25)26/h3-5,10-11H,2,6-9H2,1H3,(H,25,26)/t11-,17-/m1/s1. The van der Waals surface area contributed by atoms with Gasteiger partial charge in [0.1, 0.15) is 11.7 Å². The zero-order chi connectivity index (χ0) is 18.3. The van der Waals surface area contributed by atoms with Gasteiger partial charge in [0.15, 0.2) is 11.6 Å². The maximum atomic E-state index is 14.6. The van der Waals surface area contributed by atoms with E-state index in [-0.39, 0.29) is 18.3 Å². The molecule has 4 heterocycles. The fraction of sp³-hybridized carbons (Fsp3) is 0.471. The van der Waals surface area contributed by atoms with Crippen LogP contribution in [0.15, 0.2) is 24.8 Å². The molecule has 9 heteroatoms. The molecule has 2 saturated heterocycles. The van der Waals surface area contributed by atoms with Crippen molar-refractivity contribution >= 4 is 17.7 Å². The Morgan fingerprint density at radius 3 is 2.58 bits per heavy atom. The molecule has 0 radical (unpaired) electrons. The summed E-state index contributed by atoms with van der Waals surface area (Å²) in [5.74, 6) is -0.791. The van der Waals surface area contributed by atoms with Gasteiger partial charge in [-0.15, -0.1) is 0 Å². The number of halogens is 1. The summed E-state index contributed by atoms with van der Waals surface area (Å²) in [5.41, 5.74) is -0.654. The number of nitrogens with zero attached hydrogens (tertiary/aromatic N) is 6. The van der Waals surface area contributed by atoms with Gasteiger partial charge in [-0.05, 0) is 12.5 Å². The van der Waals surface area contributed by atoms with Crippen LogP contribution in [0.3, 0.4) is 0 Å². The summed E-state index contributed by atoms with van der Waals surface area (Å²) in [7, 11) is 0. The van der Waals surface area contributed by atoms with E-state index in [1.165, 1.54) is 6.33 Å². The molecule has 0 bridgehead atoms. The highest BCUT2D eigenvalue weighted by Crippen LogP contribution is 2.45. The number of carbonyl (C=O) groups is 1. The quantitative estimate of drug-likeness (QED) is 0.865. The van der Waals surface area contributed by atoms with Crippen LogP contribution >= 0.6 is 0 Å². The molecule has 2 aromatic heterocycles. The number of rotatable bonds is 4. The summed E-state index contributed by atoms with van der Waals surface area (Å²) in [5, 5.41) is 9.95. The normalized spacial score (nSPS) is 24.8. The number of anilines is 2. The number of carboxylic acid groups (broad SMARTS) is 1. The number of carboxylic acids is 1. The molecule has 2 aliphatic rings. The first-order chi connectivity index (χ1) is 12.5. The fourth-order valence-electron chi connectivity index (χ4n) is 4.00. The summed E-state index contributed by atoms with van der Waals surface area (Å²) in [6, 6.07) is 1.72. The second-order valence-corrected chi connectivity index (χ2v) is 6.78. The molecule has 0 aromatic carbocycles. The van der Waals surface area contributed by atoms with E-state index in [4.69, 9.17) is 0 Å². The van der Waals surface area contributed by atoms with Crippen molar-refractivity contribution in [3.8, 4) is 0 Å². The van der Waals surface area contributed by atoms with Gasteiger partial charge in [-0.2, -0.15) is 0 Å². The first-order valence-electron chi connectivity index (χ1n) is 8.55. The zero-order valence-corrected chi connectivity index (χ0v) is 14.3. The number of aryl methyl sites for hydroxylation is 1. The minimum atomic E-state index is -0.997. The second kappa shape index (κ2) is 6.15. The predicted octanol–water partition coefficient (Wildman–Crippen LogP) is 0.995. The van der Waals surface area contributed by atoms with Gasteiger partial charge in [0.2, 0.25) is 5.95 Å². The van der Waals surface area contributed by atoms with Crippen LogP contribution in [0, 0.1) is 17.2 Å². The van der Waals surface area contributed by atoms with Crippen molar-refractivity contribution in [3.63, 3.8) is 0 Å². The maximum absolute atomic E-state index is 14.6. The third-order valence-corrected chi connectivity index (χ3v) is 5.35. The van der Waals surface area contributed by atoms with Crippen molar-refractivity contribution in [2.45, 2.75) is 13.3 Å². The van der Waals surface area contributed by atoms with Gasteiger partial charge in [-0.3, -0.25) is 4.79 Å². The predicted molar refractivity (Wildman–Crippen MR) is 91.4 cm³/mol. The van der Waals surface area contributed by atoms with Crippen molar-refractivity contribution in [2.24, 2.45) is 11.3 Å². The monoisotopic (exact) mass is 358 g/mol. The van der Waals surface area contributed by atoms with E-state index in [1.807, 2.05) is 11.8 Å². The summed E-state index contributed by atoms with van der Waals surface area (Å²) in [4.78, 5) is 32.2. The number of hydrogen-bond acceptors (Lipinski definition) is 7. The molecule has 0 saturated carbocycles. The van der Waals surface area contributed by atoms with Crippen molar-refractivity contribution in [1.29, 1.82) is 0 Å². The lowest BCUT2D eigenvalue weighted by atomic mass is 9.81. The summed E-state index contributed by atoms with van der Waals surface area (Å²) >= 11 is 0. The molecule has 2 aromatic rings. The molecule has 0 aliphatic carbocycles. The van der Waals surface area contributed by atoms with Gasteiger partial charge in [0, 0.05) is 44.5 Å². The molecule has 2 atom stereocenters. The first kappa shape index (κ1) is 16.6. The largest absolute Gasteiger partial charge is 0.481 e. The van der Waals surface area contributed by atoms with Gasteiger partial charge in [0.05, 0.1) is 5.69 Å². The van der Waals surface area contributed by atoms with Crippen molar-refractivity contribution in [2.75, 3.05) is 36.0 Å². The van der Waals surface area contributed by atoms with E-state index >= 15 is 0 Å². The number of aliphatic carboxylic acids is 1. The Bertz CT molecular complexity index is 835. The van der Waals surface area contributed by atoms with Gasteiger partial charge < -0.3 is 14.9 Å². The highest BCUT2D eigenvalue weighted by Gasteiger charge is 2.58. The summed E-state index contributed by atoms with van der Waals surface area (Å²) in [6.45, 7) is 3.26. The van der Waals surface area contributed by atoms with Crippen LogP contribution in [-0.2, 0) is 11.2 Å². The van der Waals surface area contributed by atoms with E-state index in [0.29, 0.717) is 37.7 Å². The third kappa shape index (κ3) is 2.46. The van der Waals surface area contributed by atoms with Gasteiger partial charge in [-0.25, -0.2) is 24.3 Å². The van der Waals surface area contributed by atoms with Gasteiger partial charge in [-0.1, -0.05) is 6.92 Å². The Morgan fingerprint density at radius 2 is 1.92 bits per heavy atom. The molecule has 2 aliphatic heterocycles. The molecule has 4 rings (SSSR count). The van der Waals surface area contributed by atoms with Crippen LogP contribution < -0.4 is 9.80 Å². The van der Waals surface area contributed by atoms with E-state index in [1.54, 1.807) is 23.4 Å². The lowest BCUT2D eigenvalue weighted by Gasteiger charge is -2.26. The minimum absolute atomic E-state index is 0.164. The molecule has 1 N–H and O–H groups in total. The van der Waals surface area contributed by atoms with E-state index in [2.05, 4.69) is 19.9 Å². The Hall–Kier alpha value is -2.84. The molecule has 8 nitrogen and oxygen atoms in total. The van der Waals surface area contributed by atoms with Crippen molar-refractivity contribution < 1.29 is 14.3 Å². The minimum Gasteiger partial charge on any atom is -0.481 e. The number of aromatic nitrogens is 4. The SMILES string of the molecule is CCc1ncnc(N2C[C@@H]3CN(c4ncccn4)C[C@]3(C(=O)O)C2)c1F. The Morgan fingerprint density at radius 1 is 1.23 bits per heavy atom. The molecule has 0 amide bonds. The highest BCUT2D eigenvalue weighted by molar-refractivity contribution is 5.79. The van der Waals surface area contributed by atoms with E-state index < -0.39 is 17.2 Å². The van der Waals surface area contributed by atoms with Gasteiger partial charge in [0.25, 0.3) is 0 Å². The Kier molecular flexibility index (Phi) is 3.93. The molecular formula is C17H19FN6O2. The summed E-state index contributed by atoms with van der Waals surface area (Å²) in [6.07, 6.45) is 5.07. The molecule has 2 fully saturated rings. The molecule has 0 unspecified atom stereocenters. The highest BCUT2D eigenvalue weighted by atomic mass is 19.1. The molecule has 26 heavy (non-hydrogen) atoms. The van der Waals surface area contributed by atoms with E-state index in [9.17, 15) is 14.3 Å². The molecule has 136 valence electrons. The van der Waals surface area contributed by atoms with Crippen molar-refractivity contribution in [3.05, 3.63) is 36.3 Å². The second-order valence-electron chi connectivity index (χ2n) is 6.78. The zero-order valence-electron chi connectivity index (χ0n) is 14.3. The molecular weight excluding hydrogens is 339 g/mol. The van der Waals surface area contributed by atoms with Crippen LogP contribution in [0.2, 0.25) is 0 Å². The Balaban J connectivity index is 1.63. The van der Waals surface area contributed by atoms with Crippen molar-refractivity contribution in [1.82, 2.24) is 19.9 Å². The average Bonchev–Trinajstić information content (AvgIpc) is 3.18. The smallest absolute Gasteiger partial charge is 0.313 e. The first-order valence-corrected chi connectivity index (χ1v) is 8.55. The van der Waals surface area contributed by atoms with Crippen LogP contribution in [0.4, 0.5) is 16.2 Å². The van der Waals surface area contributed by atoms with Crippen LogP contribution in [-0.4, -0.2) is 57.2 Å². The van der Waals surface area contributed by atoms with Gasteiger partial charge >= 0.3 is 5.97 Å². The fourth-order valence-corrected chi connectivity index (χ4v) is 4.00. The third-order valence-electron chi connectivity index (χ3n) is 5.35. The number of hydrogen-bond donors (Lipinski definition) is 1. The maximum Gasteiger partial charge on any atom is 0.313 e. The Labute approximate surface area is 149 Å². The molecule has 0 spiro atoms.